The highest BCUT2D eigenvalue weighted by molar-refractivity contribution is 6.38. The van der Waals surface area contributed by atoms with E-state index in [0.29, 0.717) is 18.3 Å². The first kappa shape index (κ1) is 15.4. The highest BCUT2D eigenvalue weighted by Crippen LogP contribution is 2.22. The quantitative estimate of drug-likeness (QED) is 0.483. The number of hydrogen-bond donors (Lipinski definition) is 2. The van der Waals surface area contributed by atoms with Crippen molar-refractivity contribution >= 4 is 17.5 Å². The van der Waals surface area contributed by atoms with Crippen molar-refractivity contribution in [2.75, 3.05) is 7.11 Å². The number of methoxy groups -OCH3 is 1. The molecule has 22 heavy (non-hydrogen) atoms. The van der Waals surface area contributed by atoms with E-state index in [1.54, 1.807) is 19.2 Å². The zero-order valence-electron chi connectivity index (χ0n) is 11.8. The monoisotopic (exact) mass is 302 g/mol. The molecule has 0 radical (unpaired) electrons. The van der Waals surface area contributed by atoms with E-state index < -0.39 is 17.5 Å². The van der Waals surface area contributed by atoms with Gasteiger partial charge in [-0.3, -0.25) is 4.79 Å². The van der Waals surface area contributed by atoms with Gasteiger partial charge in [-0.15, -0.1) is 0 Å². The molecule has 6 nitrogen and oxygen atoms in total. The number of carboxylic acid groups (broad SMARTS) is 1. The molecule has 114 valence electrons. The SMILES string of the molecule is COc1ccc(Cc2occc2C(O)=CC(=O)C(=O)O)cc1. The number of carbonyl (C=O) groups excluding carboxylic acids is 1. The summed E-state index contributed by atoms with van der Waals surface area (Å²) in [5.74, 6) is -2.12. The predicted octanol–water partition coefficient (Wildman–Crippen LogP) is 2.43. The van der Waals surface area contributed by atoms with Gasteiger partial charge in [-0.25, -0.2) is 4.79 Å². The molecule has 0 saturated carbocycles. The second-order valence-corrected chi connectivity index (χ2v) is 4.48. The molecule has 2 N–H and O–H groups in total. The molecule has 0 fully saturated rings. The van der Waals surface area contributed by atoms with Gasteiger partial charge in [-0.05, 0) is 23.8 Å². The van der Waals surface area contributed by atoms with Gasteiger partial charge in [0.1, 0.15) is 17.3 Å². The molecule has 0 aliphatic rings. The normalized spacial score (nSPS) is 11.2. The third-order valence-corrected chi connectivity index (χ3v) is 3.02. The standard InChI is InChI=1S/C16H14O6/c1-21-11-4-2-10(3-5-11)8-15-12(6-7-22-15)13(17)9-14(18)16(19)20/h2-7,9,17H,8H2,1H3,(H,19,20). The Morgan fingerprint density at radius 2 is 1.86 bits per heavy atom. The molecular weight excluding hydrogens is 288 g/mol. The first-order chi connectivity index (χ1) is 10.5. The van der Waals surface area contributed by atoms with Gasteiger partial charge in [0.25, 0.3) is 5.78 Å². The molecule has 1 heterocycles. The van der Waals surface area contributed by atoms with Crippen molar-refractivity contribution in [2.45, 2.75) is 6.42 Å². The Bertz CT molecular complexity index is 708. The number of carbonyl (C=O) groups is 2. The summed E-state index contributed by atoms with van der Waals surface area (Å²) in [5, 5.41) is 18.4. The van der Waals surface area contributed by atoms with E-state index in [9.17, 15) is 14.7 Å². The van der Waals surface area contributed by atoms with Crippen molar-refractivity contribution in [1.29, 1.82) is 0 Å². The van der Waals surface area contributed by atoms with Gasteiger partial charge < -0.3 is 19.4 Å². The molecular formula is C16H14O6. The zero-order valence-corrected chi connectivity index (χ0v) is 11.8. The van der Waals surface area contributed by atoms with Crippen molar-refractivity contribution in [3.05, 3.63) is 59.6 Å². The molecule has 0 bridgehead atoms. The second-order valence-electron chi connectivity index (χ2n) is 4.48. The maximum absolute atomic E-state index is 11.1. The maximum Gasteiger partial charge on any atom is 0.376 e. The number of hydrogen-bond acceptors (Lipinski definition) is 5. The van der Waals surface area contributed by atoms with E-state index in [1.165, 1.54) is 12.3 Å². The zero-order chi connectivity index (χ0) is 16.1. The van der Waals surface area contributed by atoms with E-state index in [0.717, 1.165) is 11.3 Å². The summed E-state index contributed by atoms with van der Waals surface area (Å²) < 4.78 is 10.4. The first-order valence-corrected chi connectivity index (χ1v) is 6.39. The minimum atomic E-state index is -1.63. The van der Waals surface area contributed by atoms with Crippen LogP contribution in [0.5, 0.6) is 5.75 Å². The van der Waals surface area contributed by atoms with Gasteiger partial charge in [-0.2, -0.15) is 0 Å². The Balaban J connectivity index is 2.21. The smallest absolute Gasteiger partial charge is 0.376 e. The van der Waals surface area contributed by atoms with Crippen LogP contribution in [0.4, 0.5) is 0 Å². The molecule has 0 unspecified atom stereocenters. The van der Waals surface area contributed by atoms with E-state index in [2.05, 4.69) is 0 Å². The summed E-state index contributed by atoms with van der Waals surface area (Å²) in [6.45, 7) is 0. The molecule has 2 aromatic rings. The second kappa shape index (κ2) is 6.62. The fraction of sp³-hybridized carbons (Fsp3) is 0.125. The predicted molar refractivity (Wildman–Crippen MR) is 77.8 cm³/mol. The van der Waals surface area contributed by atoms with E-state index in [-0.39, 0.29) is 5.56 Å². The van der Waals surface area contributed by atoms with Gasteiger partial charge >= 0.3 is 5.97 Å². The Labute approximate surface area is 126 Å². The minimum absolute atomic E-state index is 0.283. The topological polar surface area (TPSA) is 97.0 Å². The lowest BCUT2D eigenvalue weighted by atomic mass is 10.1. The molecule has 0 amide bonds. The number of aliphatic hydroxyl groups excluding tert-OH is 1. The number of ether oxygens (including phenoxy) is 1. The van der Waals surface area contributed by atoms with Crippen LogP contribution in [-0.2, 0) is 16.0 Å². The van der Waals surface area contributed by atoms with E-state index in [4.69, 9.17) is 14.3 Å². The molecule has 0 spiro atoms. The molecule has 1 aromatic carbocycles. The van der Waals surface area contributed by atoms with Crippen molar-refractivity contribution < 1.29 is 29.0 Å². The van der Waals surface area contributed by atoms with E-state index in [1.807, 2.05) is 12.1 Å². The average Bonchev–Trinajstić information content (AvgIpc) is 2.96. The Hall–Kier alpha value is -3.02. The lowest BCUT2D eigenvalue weighted by Gasteiger charge is -2.04. The lowest BCUT2D eigenvalue weighted by Crippen LogP contribution is -2.09. The molecule has 0 aliphatic heterocycles. The number of aliphatic carboxylic acids is 1. The highest BCUT2D eigenvalue weighted by atomic mass is 16.5. The van der Waals surface area contributed by atoms with Gasteiger partial charge in [0.2, 0.25) is 0 Å². The molecule has 0 aliphatic carbocycles. The summed E-state index contributed by atoms with van der Waals surface area (Å²) in [4.78, 5) is 21.6. The van der Waals surface area contributed by atoms with Gasteiger partial charge in [-0.1, -0.05) is 12.1 Å². The number of benzene rings is 1. The number of rotatable bonds is 6. The fourth-order valence-corrected chi connectivity index (χ4v) is 1.90. The van der Waals surface area contributed by atoms with Crippen LogP contribution in [0, 0.1) is 0 Å². The van der Waals surface area contributed by atoms with Crippen LogP contribution in [-0.4, -0.2) is 29.1 Å². The summed E-state index contributed by atoms with van der Waals surface area (Å²) in [7, 11) is 1.57. The summed E-state index contributed by atoms with van der Waals surface area (Å²) in [6, 6.07) is 8.74. The van der Waals surface area contributed by atoms with Crippen LogP contribution >= 0.6 is 0 Å². The lowest BCUT2D eigenvalue weighted by molar-refractivity contribution is -0.146. The number of furan rings is 1. The molecule has 0 saturated heterocycles. The first-order valence-electron chi connectivity index (χ1n) is 6.39. The number of carboxylic acids is 1. The third-order valence-electron chi connectivity index (χ3n) is 3.02. The van der Waals surface area contributed by atoms with Gasteiger partial charge in [0.05, 0.1) is 18.9 Å². The summed E-state index contributed by atoms with van der Waals surface area (Å²) in [5.41, 5.74) is 1.19. The van der Waals surface area contributed by atoms with Crippen molar-refractivity contribution in [3.8, 4) is 5.75 Å². The van der Waals surface area contributed by atoms with Crippen LogP contribution in [0.25, 0.3) is 5.76 Å². The van der Waals surface area contributed by atoms with Crippen molar-refractivity contribution in [2.24, 2.45) is 0 Å². The molecule has 0 atom stereocenters. The largest absolute Gasteiger partial charge is 0.507 e. The van der Waals surface area contributed by atoms with Crippen LogP contribution in [0.15, 0.2) is 47.1 Å². The third kappa shape index (κ3) is 3.54. The molecule has 6 heteroatoms. The van der Waals surface area contributed by atoms with Crippen molar-refractivity contribution in [3.63, 3.8) is 0 Å². The van der Waals surface area contributed by atoms with Crippen LogP contribution in [0.3, 0.4) is 0 Å². The summed E-state index contributed by atoms with van der Waals surface area (Å²) in [6.07, 6.45) is 2.40. The average molecular weight is 302 g/mol. The fourth-order valence-electron chi connectivity index (χ4n) is 1.90. The minimum Gasteiger partial charge on any atom is -0.507 e. The van der Waals surface area contributed by atoms with Crippen LogP contribution in [0.1, 0.15) is 16.9 Å². The highest BCUT2D eigenvalue weighted by Gasteiger charge is 2.15. The Morgan fingerprint density at radius 1 is 1.18 bits per heavy atom. The maximum atomic E-state index is 11.1. The van der Waals surface area contributed by atoms with Gasteiger partial charge in [0.15, 0.2) is 0 Å². The number of ketones is 1. The number of aliphatic hydroxyl groups is 1. The summed E-state index contributed by atoms with van der Waals surface area (Å²) >= 11 is 0. The van der Waals surface area contributed by atoms with Crippen LogP contribution < -0.4 is 4.74 Å². The van der Waals surface area contributed by atoms with Crippen LogP contribution in [0.2, 0.25) is 0 Å². The molecule has 2 rings (SSSR count). The van der Waals surface area contributed by atoms with Crippen molar-refractivity contribution in [1.82, 2.24) is 0 Å². The van der Waals surface area contributed by atoms with Gasteiger partial charge in [0, 0.05) is 12.5 Å². The Kier molecular flexibility index (Phi) is 4.63. The van der Waals surface area contributed by atoms with E-state index >= 15 is 0 Å². The Morgan fingerprint density at radius 3 is 2.45 bits per heavy atom. The molecule has 1 aromatic heterocycles.